The van der Waals surface area contributed by atoms with Crippen molar-refractivity contribution in [3.05, 3.63) is 18.0 Å². The van der Waals surface area contributed by atoms with Crippen LogP contribution < -0.4 is 10.6 Å². The molecule has 0 radical (unpaired) electrons. The Bertz CT molecular complexity index is 500. The van der Waals surface area contributed by atoms with Gasteiger partial charge in [0, 0.05) is 51.5 Å². The van der Waals surface area contributed by atoms with Gasteiger partial charge in [-0.2, -0.15) is 5.10 Å². The molecule has 1 fully saturated rings. The minimum atomic E-state index is 0. The van der Waals surface area contributed by atoms with E-state index in [-0.39, 0.29) is 36.0 Å². The minimum Gasteiger partial charge on any atom is -0.396 e. The van der Waals surface area contributed by atoms with E-state index in [1.54, 1.807) is 7.05 Å². The number of ether oxygens (including phenoxy) is 1. The number of guanidine groups is 1. The van der Waals surface area contributed by atoms with Crippen molar-refractivity contribution in [3.8, 4) is 0 Å². The van der Waals surface area contributed by atoms with Crippen LogP contribution in [-0.2, 0) is 11.3 Å². The van der Waals surface area contributed by atoms with E-state index in [9.17, 15) is 5.11 Å². The maximum Gasteiger partial charge on any atom is 0.190 e. The van der Waals surface area contributed by atoms with Gasteiger partial charge in [-0.25, -0.2) is 0 Å². The quantitative estimate of drug-likeness (QED) is 0.239. The fraction of sp³-hybridized carbons (Fsp3) is 0.750. The lowest BCUT2D eigenvalue weighted by atomic mass is 9.84. The van der Waals surface area contributed by atoms with E-state index in [0.717, 1.165) is 51.5 Å². The molecule has 8 heteroatoms. The Morgan fingerprint density at radius 2 is 2.33 bits per heavy atom. The molecule has 0 spiro atoms. The maximum absolute atomic E-state index is 9.26. The summed E-state index contributed by atoms with van der Waals surface area (Å²) >= 11 is 0. The Kier molecular flexibility index (Phi) is 9.60. The zero-order chi connectivity index (χ0) is 16.5. The Labute approximate surface area is 161 Å². The number of aliphatic hydroxyl groups is 1. The van der Waals surface area contributed by atoms with Crippen LogP contribution in [0.1, 0.15) is 24.8 Å². The molecule has 1 saturated heterocycles. The molecule has 0 aliphatic carbocycles. The Hall–Kier alpha value is -0.870. The van der Waals surface area contributed by atoms with Gasteiger partial charge in [-0.1, -0.05) is 0 Å². The van der Waals surface area contributed by atoms with Gasteiger partial charge in [0.05, 0.1) is 12.8 Å². The van der Waals surface area contributed by atoms with E-state index in [0.29, 0.717) is 6.61 Å². The lowest BCUT2D eigenvalue weighted by molar-refractivity contribution is 0.127. The van der Waals surface area contributed by atoms with Crippen LogP contribution >= 0.6 is 24.0 Å². The van der Waals surface area contributed by atoms with Gasteiger partial charge >= 0.3 is 0 Å². The van der Waals surface area contributed by atoms with Crippen molar-refractivity contribution in [1.82, 2.24) is 20.4 Å². The van der Waals surface area contributed by atoms with E-state index in [4.69, 9.17) is 4.74 Å². The number of hydrogen-bond acceptors (Lipinski definition) is 4. The largest absolute Gasteiger partial charge is 0.396 e. The van der Waals surface area contributed by atoms with Gasteiger partial charge in [0.1, 0.15) is 0 Å². The lowest BCUT2D eigenvalue weighted by Crippen LogP contribution is -2.44. The number of aliphatic hydroxyl groups excluding tert-OH is 1. The number of aryl methyl sites for hydroxylation is 2. The highest BCUT2D eigenvalue weighted by Crippen LogP contribution is 2.31. The summed E-state index contributed by atoms with van der Waals surface area (Å²) in [6.07, 6.45) is 6.64. The molecule has 1 aromatic heterocycles. The first kappa shape index (κ1) is 21.2. The number of aliphatic imine (C=N–C) groups is 1. The summed E-state index contributed by atoms with van der Waals surface area (Å²) in [5.41, 5.74) is 1.21. The van der Waals surface area contributed by atoms with Crippen molar-refractivity contribution in [1.29, 1.82) is 0 Å². The van der Waals surface area contributed by atoms with Crippen LogP contribution in [0.15, 0.2) is 17.4 Å². The highest BCUT2D eigenvalue weighted by atomic mass is 127. The van der Waals surface area contributed by atoms with Crippen LogP contribution in [0.5, 0.6) is 0 Å². The van der Waals surface area contributed by atoms with Crippen molar-refractivity contribution in [3.63, 3.8) is 0 Å². The summed E-state index contributed by atoms with van der Waals surface area (Å²) in [4.78, 5) is 4.26. The van der Waals surface area contributed by atoms with Gasteiger partial charge in [-0.15, -0.1) is 24.0 Å². The van der Waals surface area contributed by atoms with Gasteiger partial charge in [-0.05, 0) is 31.7 Å². The Morgan fingerprint density at radius 3 is 2.92 bits per heavy atom. The number of halogens is 1. The molecule has 0 saturated carbocycles. The second kappa shape index (κ2) is 10.9. The van der Waals surface area contributed by atoms with Crippen molar-refractivity contribution >= 4 is 29.9 Å². The monoisotopic (exact) mass is 451 g/mol. The first-order valence-electron chi connectivity index (χ1n) is 8.30. The normalized spacial score (nSPS) is 20.7. The van der Waals surface area contributed by atoms with Crippen LogP contribution in [0.2, 0.25) is 0 Å². The smallest absolute Gasteiger partial charge is 0.190 e. The standard InChI is InChI=1S/C16H29N5O2.HI/c1-14-10-20-21(11-14)7-3-6-18-15(17-2)19-12-16(4-8-22)5-9-23-13-16;/h10-11,22H,3-9,12-13H2,1-2H3,(H2,17,18,19);1H. The number of aromatic nitrogens is 2. The molecule has 2 heterocycles. The van der Waals surface area contributed by atoms with Crippen molar-refractivity contribution in [2.45, 2.75) is 32.7 Å². The topological polar surface area (TPSA) is 83.7 Å². The molecule has 0 bridgehead atoms. The highest BCUT2D eigenvalue weighted by molar-refractivity contribution is 14.0. The molecule has 3 N–H and O–H groups in total. The lowest BCUT2D eigenvalue weighted by Gasteiger charge is -2.27. The molecular weight excluding hydrogens is 421 g/mol. The van der Waals surface area contributed by atoms with E-state index >= 15 is 0 Å². The summed E-state index contributed by atoms with van der Waals surface area (Å²) < 4.78 is 7.47. The average Bonchev–Trinajstić information content (AvgIpc) is 3.17. The number of nitrogens with zero attached hydrogens (tertiary/aromatic N) is 3. The maximum atomic E-state index is 9.26. The molecule has 2 rings (SSSR count). The summed E-state index contributed by atoms with van der Waals surface area (Å²) in [5.74, 6) is 0.797. The first-order valence-corrected chi connectivity index (χ1v) is 8.30. The van der Waals surface area contributed by atoms with Gasteiger partial charge in [0.25, 0.3) is 0 Å². The fourth-order valence-corrected chi connectivity index (χ4v) is 2.84. The van der Waals surface area contributed by atoms with Crippen LogP contribution in [0.4, 0.5) is 0 Å². The van der Waals surface area contributed by atoms with Crippen LogP contribution in [0.3, 0.4) is 0 Å². The fourth-order valence-electron chi connectivity index (χ4n) is 2.84. The molecule has 1 unspecified atom stereocenters. The first-order chi connectivity index (χ1) is 11.2. The Balaban J connectivity index is 0.00000288. The van der Waals surface area contributed by atoms with E-state index in [2.05, 4.69) is 20.7 Å². The molecule has 1 aliphatic heterocycles. The van der Waals surface area contributed by atoms with Crippen LogP contribution in [0.25, 0.3) is 0 Å². The predicted octanol–water partition coefficient (Wildman–Crippen LogP) is 1.15. The second-order valence-electron chi connectivity index (χ2n) is 6.26. The highest BCUT2D eigenvalue weighted by Gasteiger charge is 2.34. The Morgan fingerprint density at radius 1 is 1.50 bits per heavy atom. The van der Waals surface area contributed by atoms with Gasteiger partial charge in [0.15, 0.2) is 5.96 Å². The summed E-state index contributed by atoms with van der Waals surface area (Å²) in [6.45, 7) is 6.21. The second-order valence-corrected chi connectivity index (χ2v) is 6.26. The molecule has 1 aliphatic rings. The number of nitrogens with one attached hydrogen (secondary N) is 2. The molecule has 24 heavy (non-hydrogen) atoms. The molecule has 7 nitrogen and oxygen atoms in total. The third-order valence-electron chi connectivity index (χ3n) is 4.30. The van der Waals surface area contributed by atoms with Gasteiger partial charge in [0.2, 0.25) is 0 Å². The van der Waals surface area contributed by atoms with Crippen molar-refractivity contribution < 1.29 is 9.84 Å². The van der Waals surface area contributed by atoms with Crippen molar-refractivity contribution in [2.75, 3.05) is 40.0 Å². The summed E-state index contributed by atoms with van der Waals surface area (Å²) in [5, 5.41) is 20.2. The molecule has 1 atom stereocenters. The van der Waals surface area contributed by atoms with E-state index in [1.165, 1.54) is 5.56 Å². The molecule has 1 aromatic rings. The molecular formula is C16H30IN5O2. The minimum absolute atomic E-state index is 0. The molecule has 0 amide bonds. The van der Waals surface area contributed by atoms with Crippen molar-refractivity contribution in [2.24, 2.45) is 10.4 Å². The van der Waals surface area contributed by atoms with E-state index < -0.39 is 0 Å². The van der Waals surface area contributed by atoms with Gasteiger partial charge in [-0.3, -0.25) is 9.67 Å². The predicted molar refractivity (Wildman–Crippen MR) is 106 cm³/mol. The number of rotatable bonds is 8. The average molecular weight is 451 g/mol. The third-order valence-corrected chi connectivity index (χ3v) is 4.30. The SMILES string of the molecule is CN=C(NCCCn1cc(C)cn1)NCC1(CCO)CCOC1.I. The zero-order valence-electron chi connectivity index (χ0n) is 14.6. The zero-order valence-corrected chi connectivity index (χ0v) is 17.0. The van der Waals surface area contributed by atoms with Crippen LogP contribution in [-0.4, -0.2) is 60.8 Å². The van der Waals surface area contributed by atoms with Gasteiger partial charge < -0.3 is 20.5 Å². The summed E-state index contributed by atoms with van der Waals surface area (Å²) in [6, 6.07) is 0. The molecule has 0 aromatic carbocycles. The van der Waals surface area contributed by atoms with E-state index in [1.807, 2.05) is 24.0 Å². The van der Waals surface area contributed by atoms with Crippen LogP contribution in [0, 0.1) is 12.3 Å². The summed E-state index contributed by atoms with van der Waals surface area (Å²) in [7, 11) is 1.77. The molecule has 138 valence electrons. The number of hydrogen-bond donors (Lipinski definition) is 3. The third kappa shape index (κ3) is 6.56.